The molecule has 1 saturated heterocycles. The Morgan fingerprint density at radius 3 is 3.00 bits per heavy atom. The number of hydrogen-bond donors (Lipinski definition) is 2. The fourth-order valence-corrected chi connectivity index (χ4v) is 4.16. The number of hydrogen-bond acceptors (Lipinski definition) is 6. The van der Waals surface area contributed by atoms with Crippen molar-refractivity contribution in [1.29, 1.82) is 0 Å². The lowest BCUT2D eigenvalue weighted by atomic mass is 10.0. The first-order chi connectivity index (χ1) is 16.0. The molecule has 1 fully saturated rings. The Morgan fingerprint density at radius 2 is 2.15 bits per heavy atom. The summed E-state index contributed by atoms with van der Waals surface area (Å²) in [6, 6.07) is 6.19. The maximum atomic E-state index is 13.9. The van der Waals surface area contributed by atoms with Crippen molar-refractivity contribution in [1.82, 2.24) is 15.0 Å². The Kier molecular flexibility index (Phi) is 7.29. The number of nitrogens with two attached hydrogens (primary N) is 1. The Labute approximate surface area is 191 Å². The molecular weight excluding hydrogens is 428 g/mol. The third-order valence-electron chi connectivity index (χ3n) is 5.83. The fourth-order valence-electron chi connectivity index (χ4n) is 4.16. The number of rotatable bonds is 8. The SMILES string of the molecule is NC(CC(=O)N1CCC[C@H]1CNc1nc(C2C=CC=CC(F)=C2)no1)Cc1ccccc1F. The standard InChI is InChI=1S/C24H27F2N5O2/c25-18-8-3-1-7-17(12-18)23-29-24(33-30-23)28-15-20-9-5-11-31(20)22(32)14-19(27)13-16-6-2-4-10-21(16)26/h1-4,6-8,10,12,17,19-20H,5,9,11,13-15,27H2,(H,28,29,30)/t17?,19?,20-/m0/s1. The minimum atomic E-state index is -0.460. The largest absolute Gasteiger partial charge is 0.338 e. The van der Waals surface area contributed by atoms with Gasteiger partial charge in [-0.15, -0.1) is 0 Å². The van der Waals surface area contributed by atoms with Crippen LogP contribution in [0, 0.1) is 5.82 Å². The number of anilines is 1. The van der Waals surface area contributed by atoms with E-state index in [4.69, 9.17) is 10.3 Å². The molecule has 2 heterocycles. The second kappa shape index (κ2) is 10.5. The minimum Gasteiger partial charge on any atom is -0.338 e. The number of nitrogens with zero attached hydrogens (tertiary/aromatic N) is 3. The van der Waals surface area contributed by atoms with E-state index < -0.39 is 12.0 Å². The first-order valence-electron chi connectivity index (χ1n) is 11.1. The predicted octanol–water partition coefficient (Wildman–Crippen LogP) is 3.63. The van der Waals surface area contributed by atoms with E-state index >= 15 is 0 Å². The zero-order valence-electron chi connectivity index (χ0n) is 18.2. The van der Waals surface area contributed by atoms with Crippen molar-refractivity contribution < 1.29 is 18.1 Å². The lowest BCUT2D eigenvalue weighted by molar-refractivity contribution is -0.132. The van der Waals surface area contributed by atoms with Gasteiger partial charge < -0.3 is 20.5 Å². The molecule has 174 valence electrons. The van der Waals surface area contributed by atoms with E-state index in [1.165, 1.54) is 18.2 Å². The molecule has 1 amide bonds. The molecule has 3 atom stereocenters. The summed E-state index contributed by atoms with van der Waals surface area (Å²) in [5, 5.41) is 7.02. The molecule has 3 N–H and O–H groups in total. The first kappa shape index (κ1) is 22.8. The van der Waals surface area contributed by atoms with Crippen LogP contribution in [0.15, 0.2) is 65.0 Å². The van der Waals surface area contributed by atoms with Gasteiger partial charge in [-0.2, -0.15) is 4.98 Å². The number of carbonyl (C=O) groups is 1. The van der Waals surface area contributed by atoms with Gasteiger partial charge in [-0.3, -0.25) is 4.79 Å². The summed E-state index contributed by atoms with van der Waals surface area (Å²) in [5.74, 6) is -0.786. The second-order valence-electron chi connectivity index (χ2n) is 8.30. The van der Waals surface area contributed by atoms with Crippen LogP contribution in [-0.4, -0.2) is 46.1 Å². The number of halogens is 2. The summed E-state index contributed by atoms with van der Waals surface area (Å²) in [6.45, 7) is 1.10. The first-order valence-corrected chi connectivity index (χ1v) is 11.1. The highest BCUT2D eigenvalue weighted by Crippen LogP contribution is 2.23. The van der Waals surface area contributed by atoms with E-state index in [9.17, 15) is 13.6 Å². The third-order valence-corrected chi connectivity index (χ3v) is 5.83. The zero-order valence-corrected chi connectivity index (χ0v) is 18.2. The van der Waals surface area contributed by atoms with E-state index in [1.807, 2.05) is 4.90 Å². The molecule has 4 rings (SSSR count). The zero-order chi connectivity index (χ0) is 23.2. The summed E-state index contributed by atoms with van der Waals surface area (Å²) in [5.41, 5.74) is 6.66. The van der Waals surface area contributed by atoms with Crippen LogP contribution in [0.4, 0.5) is 14.8 Å². The van der Waals surface area contributed by atoms with Gasteiger partial charge in [0.1, 0.15) is 11.6 Å². The summed E-state index contributed by atoms with van der Waals surface area (Å²) >= 11 is 0. The molecule has 1 aromatic heterocycles. The van der Waals surface area contributed by atoms with Crippen molar-refractivity contribution in [3.63, 3.8) is 0 Å². The van der Waals surface area contributed by atoms with Gasteiger partial charge in [0.05, 0.1) is 5.92 Å². The summed E-state index contributed by atoms with van der Waals surface area (Å²) in [6.07, 6.45) is 10.1. The van der Waals surface area contributed by atoms with E-state index in [0.29, 0.717) is 30.9 Å². The van der Waals surface area contributed by atoms with E-state index in [1.54, 1.807) is 36.4 Å². The van der Waals surface area contributed by atoms with E-state index in [2.05, 4.69) is 15.5 Å². The Hall–Kier alpha value is -3.33. The number of nitrogens with one attached hydrogen (secondary N) is 1. The average Bonchev–Trinajstić information content (AvgIpc) is 3.40. The predicted molar refractivity (Wildman–Crippen MR) is 120 cm³/mol. The van der Waals surface area contributed by atoms with Crippen molar-refractivity contribution in [2.75, 3.05) is 18.4 Å². The van der Waals surface area contributed by atoms with Crippen molar-refractivity contribution >= 4 is 11.9 Å². The highest BCUT2D eigenvalue weighted by atomic mass is 19.1. The number of allylic oxidation sites excluding steroid dienone is 6. The Bertz CT molecular complexity index is 1060. The van der Waals surface area contributed by atoms with E-state index in [0.717, 1.165) is 12.8 Å². The molecule has 1 aromatic carbocycles. The van der Waals surface area contributed by atoms with Crippen LogP contribution in [0.2, 0.25) is 0 Å². The van der Waals surface area contributed by atoms with Crippen molar-refractivity contribution in [2.45, 2.75) is 43.7 Å². The molecule has 7 nitrogen and oxygen atoms in total. The Balaban J connectivity index is 1.30. The maximum Gasteiger partial charge on any atom is 0.321 e. The van der Waals surface area contributed by atoms with Crippen LogP contribution in [0.1, 0.15) is 36.6 Å². The number of amides is 1. The molecule has 2 aromatic rings. The summed E-state index contributed by atoms with van der Waals surface area (Å²) in [4.78, 5) is 19.0. The highest BCUT2D eigenvalue weighted by Gasteiger charge is 2.30. The number of aromatic nitrogens is 2. The van der Waals surface area contributed by atoms with Gasteiger partial charge in [0.2, 0.25) is 5.91 Å². The summed E-state index contributed by atoms with van der Waals surface area (Å²) in [7, 11) is 0. The van der Waals surface area contributed by atoms with Gasteiger partial charge in [-0.25, -0.2) is 8.78 Å². The molecule has 2 aliphatic rings. The summed E-state index contributed by atoms with van der Waals surface area (Å²) < 4.78 is 32.8. The van der Waals surface area contributed by atoms with Crippen LogP contribution >= 0.6 is 0 Å². The average molecular weight is 456 g/mol. The molecule has 1 aliphatic carbocycles. The lowest BCUT2D eigenvalue weighted by Crippen LogP contribution is -2.42. The monoisotopic (exact) mass is 455 g/mol. The number of benzene rings is 1. The van der Waals surface area contributed by atoms with E-state index in [-0.39, 0.29) is 36.0 Å². The normalized spacial score (nSPS) is 21.1. The molecule has 9 heteroatoms. The fraction of sp³-hybridized carbons (Fsp3) is 0.375. The van der Waals surface area contributed by atoms with Gasteiger partial charge in [-0.05, 0) is 43.0 Å². The molecule has 1 aliphatic heterocycles. The number of likely N-dealkylation sites (tertiary alicyclic amines) is 1. The lowest BCUT2D eigenvalue weighted by Gasteiger charge is -2.26. The smallest absolute Gasteiger partial charge is 0.321 e. The highest BCUT2D eigenvalue weighted by molar-refractivity contribution is 5.77. The third kappa shape index (κ3) is 5.92. The van der Waals surface area contributed by atoms with Crippen LogP contribution in [-0.2, 0) is 11.2 Å². The minimum absolute atomic E-state index is 0.0344. The van der Waals surface area contributed by atoms with Gasteiger partial charge >= 0.3 is 6.01 Å². The molecule has 0 saturated carbocycles. The van der Waals surface area contributed by atoms with Crippen LogP contribution < -0.4 is 11.1 Å². The quantitative estimate of drug-likeness (QED) is 0.631. The van der Waals surface area contributed by atoms with Crippen molar-refractivity contribution in [2.24, 2.45) is 5.73 Å². The molecule has 0 bridgehead atoms. The molecule has 2 unspecified atom stereocenters. The van der Waals surface area contributed by atoms with Crippen molar-refractivity contribution in [3.8, 4) is 0 Å². The van der Waals surface area contributed by atoms with Crippen LogP contribution in [0.3, 0.4) is 0 Å². The van der Waals surface area contributed by atoms with Gasteiger partial charge in [0, 0.05) is 31.6 Å². The molecule has 33 heavy (non-hydrogen) atoms. The van der Waals surface area contributed by atoms with Crippen LogP contribution in [0.25, 0.3) is 0 Å². The Morgan fingerprint density at radius 1 is 1.30 bits per heavy atom. The van der Waals surface area contributed by atoms with Gasteiger partial charge in [0.25, 0.3) is 0 Å². The molecule has 0 radical (unpaired) electrons. The topological polar surface area (TPSA) is 97.3 Å². The van der Waals surface area contributed by atoms with Crippen LogP contribution in [0.5, 0.6) is 0 Å². The van der Waals surface area contributed by atoms with Crippen molar-refractivity contribution in [3.05, 3.63) is 77.7 Å². The van der Waals surface area contributed by atoms with Gasteiger partial charge in [0.15, 0.2) is 5.82 Å². The molecular formula is C24H27F2N5O2. The second-order valence-corrected chi connectivity index (χ2v) is 8.30. The molecule has 0 spiro atoms. The van der Waals surface area contributed by atoms with Gasteiger partial charge in [-0.1, -0.05) is 41.6 Å². The maximum absolute atomic E-state index is 13.9. The number of carbonyl (C=O) groups excluding carboxylic acids is 1.